The smallest absolute Gasteiger partial charge is 0.325 e. The fraction of sp³-hybridized carbons (Fsp3) is 0.500. The lowest BCUT2D eigenvalue weighted by Gasteiger charge is -2.24. The zero-order valence-electron chi connectivity index (χ0n) is 17.8. The normalized spacial score (nSPS) is 13.6. The van der Waals surface area contributed by atoms with Crippen LogP contribution in [0.25, 0.3) is 10.9 Å². The quantitative estimate of drug-likeness (QED) is 0.592. The maximum Gasteiger partial charge on any atom is 0.325 e. The van der Waals surface area contributed by atoms with Gasteiger partial charge in [0.2, 0.25) is 11.8 Å². The molecule has 0 radical (unpaired) electrons. The third-order valence-corrected chi connectivity index (χ3v) is 4.66. The molecule has 0 saturated heterocycles. The molecule has 0 spiro atoms. The average Bonchev–Trinajstić information content (AvgIpc) is 3.05. The van der Waals surface area contributed by atoms with Crippen LogP contribution in [0.15, 0.2) is 30.5 Å². The summed E-state index contributed by atoms with van der Waals surface area (Å²) in [5.74, 6) is -1.23. The largest absolute Gasteiger partial charge is 0.459 e. The number of hydrogen-bond donors (Lipinski definition) is 3. The molecular weight excluding hydrogens is 370 g/mol. The fourth-order valence-corrected chi connectivity index (χ4v) is 3.02. The van der Waals surface area contributed by atoms with Crippen molar-refractivity contribution >= 4 is 28.7 Å². The third-order valence-electron chi connectivity index (χ3n) is 4.66. The number of rotatable bonds is 8. The first-order chi connectivity index (χ1) is 13.6. The number of H-pyrrole nitrogens is 1. The van der Waals surface area contributed by atoms with Crippen LogP contribution in [0.1, 0.15) is 46.6 Å². The molecule has 29 heavy (non-hydrogen) atoms. The fourth-order valence-electron chi connectivity index (χ4n) is 3.02. The Hall–Kier alpha value is -2.83. The van der Waals surface area contributed by atoms with Crippen LogP contribution in [-0.2, 0) is 25.5 Å². The van der Waals surface area contributed by atoms with Crippen molar-refractivity contribution < 1.29 is 19.1 Å². The summed E-state index contributed by atoms with van der Waals surface area (Å²) in [6.07, 6.45) is 2.68. The van der Waals surface area contributed by atoms with E-state index < -0.39 is 23.5 Å². The Bertz CT molecular complexity index is 866. The molecule has 0 unspecified atom stereocenters. The number of hydrogen-bond acceptors (Lipinski definition) is 4. The molecule has 0 aliphatic rings. The van der Waals surface area contributed by atoms with E-state index >= 15 is 0 Å². The van der Waals surface area contributed by atoms with E-state index in [9.17, 15) is 14.4 Å². The molecule has 2 amide bonds. The Morgan fingerprint density at radius 3 is 2.52 bits per heavy atom. The monoisotopic (exact) mass is 401 g/mol. The van der Waals surface area contributed by atoms with Crippen molar-refractivity contribution in [3.63, 3.8) is 0 Å². The number of fused-ring (bicyclic) bond motifs is 1. The molecule has 158 valence electrons. The van der Waals surface area contributed by atoms with Gasteiger partial charge in [0.05, 0.1) is 6.42 Å². The average molecular weight is 402 g/mol. The number of aromatic nitrogens is 1. The minimum Gasteiger partial charge on any atom is -0.459 e. The number of benzene rings is 1. The van der Waals surface area contributed by atoms with Gasteiger partial charge in [0, 0.05) is 17.1 Å². The summed E-state index contributed by atoms with van der Waals surface area (Å²) in [5, 5.41) is 6.39. The van der Waals surface area contributed by atoms with Crippen molar-refractivity contribution in [3.05, 3.63) is 36.0 Å². The van der Waals surface area contributed by atoms with Gasteiger partial charge in [0.25, 0.3) is 0 Å². The topological polar surface area (TPSA) is 100 Å². The van der Waals surface area contributed by atoms with E-state index in [1.807, 2.05) is 44.3 Å². The van der Waals surface area contributed by atoms with Gasteiger partial charge in [-0.25, -0.2) is 0 Å². The SMILES string of the molecule is CC[C@H](C)[C@H](NC(=O)Cc1c[nH]c2ccccc12)C(=O)NCC(=O)OC(C)(C)C. The van der Waals surface area contributed by atoms with E-state index in [0.717, 1.165) is 16.5 Å². The van der Waals surface area contributed by atoms with E-state index in [0.29, 0.717) is 6.42 Å². The van der Waals surface area contributed by atoms with Crippen LogP contribution in [-0.4, -0.2) is 41.0 Å². The van der Waals surface area contributed by atoms with Crippen LogP contribution in [0.3, 0.4) is 0 Å². The summed E-state index contributed by atoms with van der Waals surface area (Å²) >= 11 is 0. The highest BCUT2D eigenvalue weighted by atomic mass is 16.6. The number of esters is 1. The second-order valence-corrected chi connectivity index (χ2v) is 8.27. The van der Waals surface area contributed by atoms with E-state index in [1.54, 1.807) is 20.8 Å². The van der Waals surface area contributed by atoms with E-state index in [-0.39, 0.29) is 24.8 Å². The number of carbonyl (C=O) groups excluding carboxylic acids is 3. The van der Waals surface area contributed by atoms with Crippen molar-refractivity contribution in [3.8, 4) is 0 Å². The second-order valence-electron chi connectivity index (χ2n) is 8.27. The number of carbonyl (C=O) groups is 3. The van der Waals surface area contributed by atoms with Gasteiger partial charge in [-0.05, 0) is 38.3 Å². The maximum atomic E-state index is 12.6. The van der Waals surface area contributed by atoms with E-state index in [4.69, 9.17) is 4.74 Å². The first kappa shape index (κ1) is 22.5. The van der Waals surface area contributed by atoms with Gasteiger partial charge in [0.15, 0.2) is 0 Å². The van der Waals surface area contributed by atoms with Gasteiger partial charge in [-0.3, -0.25) is 14.4 Å². The Morgan fingerprint density at radius 2 is 1.86 bits per heavy atom. The molecule has 1 aromatic carbocycles. The van der Waals surface area contributed by atoms with Crippen molar-refractivity contribution in [1.29, 1.82) is 0 Å². The van der Waals surface area contributed by atoms with Crippen LogP contribution in [0.5, 0.6) is 0 Å². The van der Waals surface area contributed by atoms with Crippen LogP contribution < -0.4 is 10.6 Å². The Kier molecular flexibility index (Phi) is 7.42. The van der Waals surface area contributed by atoms with Gasteiger partial charge in [-0.15, -0.1) is 0 Å². The predicted molar refractivity (Wildman–Crippen MR) is 112 cm³/mol. The molecule has 0 bridgehead atoms. The number of aromatic amines is 1. The molecule has 0 aliphatic heterocycles. The minimum atomic E-state index is -0.722. The lowest BCUT2D eigenvalue weighted by molar-refractivity contribution is -0.154. The summed E-state index contributed by atoms with van der Waals surface area (Å²) in [6, 6.07) is 7.03. The molecular formula is C22H31N3O4. The molecule has 1 heterocycles. The molecule has 2 atom stereocenters. The maximum absolute atomic E-state index is 12.6. The van der Waals surface area contributed by atoms with Gasteiger partial charge in [0.1, 0.15) is 18.2 Å². The summed E-state index contributed by atoms with van der Waals surface area (Å²) < 4.78 is 5.20. The van der Waals surface area contributed by atoms with E-state index in [2.05, 4.69) is 15.6 Å². The van der Waals surface area contributed by atoms with Crippen molar-refractivity contribution in [2.75, 3.05) is 6.54 Å². The van der Waals surface area contributed by atoms with Crippen LogP contribution >= 0.6 is 0 Å². The summed E-state index contributed by atoms with van der Waals surface area (Å²) in [6.45, 7) is 8.90. The predicted octanol–water partition coefficient (Wildman–Crippen LogP) is 2.70. The number of ether oxygens (including phenoxy) is 1. The van der Waals surface area contributed by atoms with Crippen molar-refractivity contribution in [2.45, 2.75) is 59.1 Å². The third kappa shape index (κ3) is 6.62. The van der Waals surface area contributed by atoms with Crippen molar-refractivity contribution in [1.82, 2.24) is 15.6 Å². The lowest BCUT2D eigenvalue weighted by atomic mass is 9.98. The summed E-state index contributed by atoms with van der Waals surface area (Å²) in [7, 11) is 0. The zero-order valence-corrected chi connectivity index (χ0v) is 17.8. The molecule has 1 aromatic heterocycles. The molecule has 0 aliphatic carbocycles. The van der Waals surface area contributed by atoms with Gasteiger partial charge < -0.3 is 20.4 Å². The lowest BCUT2D eigenvalue weighted by Crippen LogP contribution is -2.51. The Labute approximate surface area is 171 Å². The van der Waals surface area contributed by atoms with Crippen LogP contribution in [0.2, 0.25) is 0 Å². The summed E-state index contributed by atoms with van der Waals surface area (Å²) in [5.41, 5.74) is 1.21. The molecule has 7 heteroatoms. The Balaban J connectivity index is 1.99. The van der Waals surface area contributed by atoms with Gasteiger partial charge in [-0.2, -0.15) is 0 Å². The molecule has 3 N–H and O–H groups in total. The number of nitrogens with one attached hydrogen (secondary N) is 3. The van der Waals surface area contributed by atoms with Crippen molar-refractivity contribution in [2.24, 2.45) is 5.92 Å². The van der Waals surface area contributed by atoms with Crippen LogP contribution in [0, 0.1) is 5.92 Å². The first-order valence-electron chi connectivity index (χ1n) is 9.94. The zero-order chi connectivity index (χ0) is 21.6. The van der Waals surface area contributed by atoms with Crippen LogP contribution in [0.4, 0.5) is 0 Å². The Morgan fingerprint density at radius 1 is 1.17 bits per heavy atom. The second kappa shape index (κ2) is 9.58. The molecule has 0 fully saturated rings. The van der Waals surface area contributed by atoms with E-state index in [1.165, 1.54) is 0 Å². The highest BCUT2D eigenvalue weighted by molar-refractivity contribution is 5.92. The minimum absolute atomic E-state index is 0.0828. The highest BCUT2D eigenvalue weighted by Gasteiger charge is 2.27. The number of amides is 2. The molecule has 2 rings (SSSR count). The molecule has 2 aromatic rings. The highest BCUT2D eigenvalue weighted by Crippen LogP contribution is 2.18. The van der Waals surface area contributed by atoms with Gasteiger partial charge >= 0.3 is 5.97 Å². The standard InChI is InChI=1S/C22H31N3O4/c1-6-14(2)20(21(28)24-13-19(27)29-22(3,4)5)25-18(26)11-15-12-23-17-10-8-7-9-16(15)17/h7-10,12,14,20,23H,6,11,13H2,1-5H3,(H,24,28)(H,25,26)/t14-,20-/m0/s1. The first-order valence-corrected chi connectivity index (χ1v) is 9.94. The molecule has 7 nitrogen and oxygen atoms in total. The van der Waals surface area contributed by atoms with Gasteiger partial charge in [-0.1, -0.05) is 38.5 Å². The molecule has 0 saturated carbocycles. The number of para-hydroxylation sites is 1. The summed E-state index contributed by atoms with van der Waals surface area (Å²) in [4.78, 5) is 40.2.